The molecule has 2 heterocycles. The first kappa shape index (κ1) is 43.5. The Morgan fingerprint density at radius 3 is 1.90 bits per heavy atom. The van der Waals surface area contributed by atoms with E-state index in [1.165, 1.54) is 5.57 Å². The maximum absolute atomic E-state index is 13.4. The van der Waals surface area contributed by atoms with Gasteiger partial charge in [-0.25, -0.2) is 9.59 Å². The lowest BCUT2D eigenvalue weighted by Gasteiger charge is -2.42. The van der Waals surface area contributed by atoms with Crippen LogP contribution in [-0.4, -0.2) is 140 Å². The molecule has 15 heteroatoms. The highest BCUT2D eigenvalue weighted by atomic mass is 28.3. The summed E-state index contributed by atoms with van der Waals surface area (Å²) in [6, 6.07) is 0. The van der Waals surface area contributed by atoms with Crippen molar-refractivity contribution in [2.24, 2.45) is 17.3 Å². The lowest BCUT2D eigenvalue weighted by atomic mass is 9.98. The Kier molecular flexibility index (Phi) is 15.7. The predicted octanol–water partition coefficient (Wildman–Crippen LogP) is 1.71. The van der Waals surface area contributed by atoms with Crippen LogP contribution in [0.25, 0.3) is 0 Å². The second kappa shape index (κ2) is 18.4. The van der Waals surface area contributed by atoms with E-state index in [4.69, 9.17) is 37.9 Å². The van der Waals surface area contributed by atoms with Gasteiger partial charge >= 0.3 is 11.9 Å². The van der Waals surface area contributed by atoms with E-state index < -0.39 is 93.6 Å². The molecule has 0 bridgehead atoms. The molecule has 0 radical (unpaired) electrons. The molecule has 1 aliphatic carbocycles. The molecule has 3 fully saturated rings. The molecule has 12 atom stereocenters. The Balaban J connectivity index is 1.66. The molecule has 0 aromatic rings. The van der Waals surface area contributed by atoms with Crippen LogP contribution in [-0.2, 0) is 47.5 Å². The fourth-order valence-corrected chi connectivity index (χ4v) is 6.71. The van der Waals surface area contributed by atoms with Crippen LogP contribution in [0.15, 0.2) is 11.6 Å². The summed E-state index contributed by atoms with van der Waals surface area (Å²) in [6.45, 7) is 20.6. The van der Waals surface area contributed by atoms with Gasteiger partial charge in [0.2, 0.25) is 0 Å². The van der Waals surface area contributed by atoms with E-state index in [1.54, 1.807) is 27.7 Å². The standard InChI is InChI=1S/C36H60O14Si/c1-19(2)17-22-23(36(22,7)8)18-46-33(42)31-29(47-20(3)4)25(38)26(39)34(49-31)45-15-14-43-28-24(37)27(40)35(48-21(5)6)50-30(28)32(41)44-13-12-16-51(9,10)11/h17,20-31,34-35,37-40H,13-15,18H2,1-11H3/t22?,23?,24-,25-,26+,27+,28+,29+,30?,31?,34-,35-/m1/s1. The van der Waals surface area contributed by atoms with E-state index in [1.807, 2.05) is 33.5 Å². The molecule has 3 rings (SSSR count). The average Bonchev–Trinajstić information content (AvgIpc) is 3.53. The van der Waals surface area contributed by atoms with Crippen LogP contribution in [0.4, 0.5) is 0 Å². The van der Waals surface area contributed by atoms with Gasteiger partial charge in [0.25, 0.3) is 0 Å². The van der Waals surface area contributed by atoms with Crippen molar-refractivity contribution in [2.75, 3.05) is 26.4 Å². The molecule has 0 aromatic carbocycles. The van der Waals surface area contributed by atoms with Gasteiger partial charge in [-0.05, 0) is 52.9 Å². The van der Waals surface area contributed by atoms with Crippen LogP contribution in [0, 0.1) is 28.7 Å². The molecule has 0 spiro atoms. The zero-order chi connectivity index (χ0) is 38.4. The summed E-state index contributed by atoms with van der Waals surface area (Å²) < 4.78 is 45.4. The van der Waals surface area contributed by atoms with Gasteiger partial charge < -0.3 is 58.3 Å². The number of carbonyl (C=O) groups is 2. The van der Waals surface area contributed by atoms with Crippen molar-refractivity contribution in [3.8, 4) is 11.5 Å². The molecular formula is C36H60O14Si. The molecule has 2 aliphatic heterocycles. The Hall–Kier alpha value is -1.94. The normalized spacial score (nSPS) is 34.8. The molecule has 2 saturated heterocycles. The van der Waals surface area contributed by atoms with Crippen LogP contribution in [0.5, 0.6) is 0 Å². The van der Waals surface area contributed by atoms with Crippen molar-refractivity contribution in [3.63, 3.8) is 0 Å². The van der Waals surface area contributed by atoms with Crippen molar-refractivity contribution in [1.82, 2.24) is 0 Å². The molecule has 0 amide bonds. The van der Waals surface area contributed by atoms with E-state index >= 15 is 0 Å². The summed E-state index contributed by atoms with van der Waals surface area (Å²) >= 11 is 0. The molecule has 4 N–H and O–H groups in total. The number of aliphatic hydroxyl groups is 4. The number of esters is 2. The molecule has 292 valence electrons. The summed E-state index contributed by atoms with van der Waals surface area (Å²) in [5, 5.41) is 43.5. The number of allylic oxidation sites excluding steroid dienone is 2. The van der Waals surface area contributed by atoms with E-state index in [0.29, 0.717) is 0 Å². The van der Waals surface area contributed by atoms with Crippen LogP contribution in [0.2, 0.25) is 19.6 Å². The van der Waals surface area contributed by atoms with Gasteiger partial charge in [0.1, 0.15) is 44.7 Å². The van der Waals surface area contributed by atoms with E-state index in [9.17, 15) is 30.0 Å². The zero-order valence-electron chi connectivity index (χ0n) is 31.9. The minimum atomic E-state index is -1.71. The Morgan fingerprint density at radius 2 is 1.31 bits per heavy atom. The zero-order valence-corrected chi connectivity index (χ0v) is 32.9. The Bertz CT molecular complexity index is 1250. The number of hydrogen-bond donors (Lipinski definition) is 4. The predicted molar refractivity (Wildman–Crippen MR) is 187 cm³/mol. The highest BCUT2D eigenvalue weighted by Gasteiger charge is 2.57. The maximum atomic E-state index is 13.4. The third-order valence-corrected chi connectivity index (χ3v) is 9.80. The number of hydrogen-bond acceptors (Lipinski definition) is 14. The van der Waals surface area contributed by atoms with Crippen LogP contribution >= 0.6 is 0 Å². The van der Waals surface area contributed by atoms with Crippen LogP contribution in [0.1, 0.15) is 55.4 Å². The first-order valence-electron chi connectivity index (χ1n) is 17.7. The monoisotopic (exact) mass is 744 g/mol. The SMILES string of the molecule is CC(C)=CC1C(COC(=O)C2O[C@@H](OCCO[C@@H]3C(C(=O)OCC#C[Si](C)(C)C)O[C@@H](OC(C)C)[C@@H](O)[C@H]3O)[C@@H](O)[C@@H](O)[C@@H]2OC(C)C)C1(C)C. The average molecular weight is 745 g/mol. The largest absolute Gasteiger partial charge is 0.463 e. The molecule has 0 aromatic heterocycles. The lowest BCUT2D eigenvalue weighted by Crippen LogP contribution is -2.62. The highest BCUT2D eigenvalue weighted by molar-refractivity contribution is 6.83. The van der Waals surface area contributed by atoms with Gasteiger partial charge in [-0.2, -0.15) is 0 Å². The summed E-state index contributed by atoms with van der Waals surface area (Å²) in [4.78, 5) is 26.4. The van der Waals surface area contributed by atoms with Gasteiger partial charge in [-0.1, -0.05) is 51.1 Å². The van der Waals surface area contributed by atoms with E-state index in [0.717, 1.165) is 0 Å². The summed E-state index contributed by atoms with van der Waals surface area (Å²) in [6.07, 6.45) is -13.4. The number of aliphatic hydroxyl groups excluding tert-OH is 4. The number of carbonyl (C=O) groups excluding carboxylic acids is 2. The van der Waals surface area contributed by atoms with Gasteiger partial charge in [0.05, 0.1) is 32.0 Å². The van der Waals surface area contributed by atoms with Gasteiger partial charge in [0, 0.05) is 5.92 Å². The molecule has 14 nitrogen and oxygen atoms in total. The van der Waals surface area contributed by atoms with Gasteiger partial charge in [-0.15, -0.1) is 5.54 Å². The van der Waals surface area contributed by atoms with Crippen LogP contribution < -0.4 is 0 Å². The van der Waals surface area contributed by atoms with Gasteiger partial charge in [-0.3, -0.25) is 0 Å². The number of rotatable bonds is 15. The summed E-state index contributed by atoms with van der Waals surface area (Å²) in [7, 11) is -1.71. The maximum Gasteiger partial charge on any atom is 0.339 e. The molecular weight excluding hydrogens is 684 g/mol. The molecule has 4 unspecified atom stereocenters. The van der Waals surface area contributed by atoms with Crippen molar-refractivity contribution in [3.05, 3.63) is 11.6 Å². The van der Waals surface area contributed by atoms with Crippen LogP contribution in [0.3, 0.4) is 0 Å². The summed E-state index contributed by atoms with van der Waals surface area (Å²) in [5.74, 6) is 1.55. The Morgan fingerprint density at radius 1 is 0.784 bits per heavy atom. The minimum Gasteiger partial charge on any atom is -0.463 e. The second-order valence-electron chi connectivity index (χ2n) is 15.8. The fourth-order valence-electron chi connectivity index (χ4n) is 6.11. The van der Waals surface area contributed by atoms with Crippen molar-refractivity contribution in [1.29, 1.82) is 0 Å². The van der Waals surface area contributed by atoms with Crippen molar-refractivity contribution < 1.29 is 67.9 Å². The Labute approximate surface area is 303 Å². The first-order chi connectivity index (χ1) is 23.6. The van der Waals surface area contributed by atoms with E-state index in [-0.39, 0.29) is 43.7 Å². The van der Waals surface area contributed by atoms with Crippen molar-refractivity contribution >= 4 is 20.0 Å². The molecule has 1 saturated carbocycles. The first-order valence-corrected chi connectivity index (χ1v) is 21.2. The van der Waals surface area contributed by atoms with Crippen molar-refractivity contribution in [2.45, 2.75) is 149 Å². The smallest absolute Gasteiger partial charge is 0.339 e. The topological polar surface area (TPSA) is 189 Å². The number of ether oxygens (including phenoxy) is 8. The van der Waals surface area contributed by atoms with Gasteiger partial charge in [0.15, 0.2) is 31.4 Å². The highest BCUT2D eigenvalue weighted by Crippen LogP contribution is 2.59. The third-order valence-electron chi connectivity index (χ3n) is 8.87. The minimum absolute atomic E-state index is 0.0486. The van der Waals surface area contributed by atoms with E-state index in [2.05, 4.69) is 31.4 Å². The lowest BCUT2D eigenvalue weighted by molar-refractivity contribution is -0.316. The second-order valence-corrected chi connectivity index (χ2v) is 20.6. The summed E-state index contributed by atoms with van der Waals surface area (Å²) in [5.41, 5.74) is 4.21. The quantitative estimate of drug-likeness (QED) is 0.0624. The molecule has 3 aliphatic rings. The fraction of sp³-hybridized carbons (Fsp3) is 0.833. The molecule has 51 heavy (non-hydrogen) atoms. The third kappa shape index (κ3) is 12.0.